The fourth-order valence-corrected chi connectivity index (χ4v) is 4.67. The predicted octanol–water partition coefficient (Wildman–Crippen LogP) is 2.66. The van der Waals surface area contributed by atoms with Gasteiger partial charge < -0.3 is 14.5 Å². The summed E-state index contributed by atoms with van der Waals surface area (Å²) in [7, 11) is 0. The van der Waals surface area contributed by atoms with Gasteiger partial charge in [0.1, 0.15) is 24.1 Å². The third-order valence-electron chi connectivity index (χ3n) is 6.69. The van der Waals surface area contributed by atoms with Crippen LogP contribution in [0.25, 0.3) is 11.4 Å². The Kier molecular flexibility index (Phi) is 5.99. The van der Waals surface area contributed by atoms with Crippen molar-refractivity contribution in [2.24, 2.45) is 0 Å². The normalized spacial score (nSPS) is 18.9. The summed E-state index contributed by atoms with van der Waals surface area (Å²) in [5, 5.41) is 13.6. The lowest BCUT2D eigenvalue weighted by atomic mass is 9.82. The molecule has 13 heteroatoms. The summed E-state index contributed by atoms with van der Waals surface area (Å²) in [5.74, 6) is -1.69. The number of aromatic nitrogens is 2. The Morgan fingerprint density at radius 2 is 1.84 bits per heavy atom. The number of anilines is 1. The number of halogens is 4. The molecule has 5 rings (SSSR count). The summed E-state index contributed by atoms with van der Waals surface area (Å²) in [6.07, 6.45) is -4.32. The minimum Gasteiger partial charge on any atom is -0.379 e. The van der Waals surface area contributed by atoms with Crippen LogP contribution in [-0.2, 0) is 22.3 Å². The molecule has 0 bridgehead atoms. The van der Waals surface area contributed by atoms with E-state index in [0.29, 0.717) is 11.1 Å². The van der Waals surface area contributed by atoms with Gasteiger partial charge in [0.05, 0.1) is 11.3 Å². The molecule has 1 N–H and O–H groups in total. The van der Waals surface area contributed by atoms with Gasteiger partial charge in [0.2, 0.25) is 18.1 Å². The standard InChI is InChI=1S/C24H21F4N5O4/c1-14(34)31-11-23(12-31)22(36)32(19-7-4-16(8-18(19)25)21-29-13-37-30-21)10-20(35)33(23)9-15-2-5-17(6-3-15)24(26,27)28/h2-8,13-14,34H,9-12H2,1H3. The number of rotatable bonds is 5. The number of piperazine rings is 1. The predicted molar refractivity (Wildman–Crippen MR) is 120 cm³/mol. The van der Waals surface area contributed by atoms with Crippen LogP contribution in [0.2, 0.25) is 0 Å². The number of aliphatic hydroxyl groups is 1. The molecule has 0 saturated carbocycles. The van der Waals surface area contributed by atoms with E-state index in [1.807, 2.05) is 0 Å². The lowest BCUT2D eigenvalue weighted by Crippen LogP contribution is -2.81. The number of likely N-dealkylation sites (tertiary alicyclic amines) is 1. The first kappa shape index (κ1) is 24.8. The Bertz CT molecular complexity index is 1320. The number of carbonyl (C=O) groups is 2. The van der Waals surface area contributed by atoms with Crippen LogP contribution in [0.5, 0.6) is 0 Å². The van der Waals surface area contributed by atoms with Crippen molar-refractivity contribution in [1.82, 2.24) is 19.9 Å². The van der Waals surface area contributed by atoms with Crippen LogP contribution in [-0.4, -0.2) is 68.3 Å². The van der Waals surface area contributed by atoms with E-state index in [-0.39, 0.29) is 31.1 Å². The molecular formula is C24H21F4N5O4. The fraction of sp³-hybridized carbons (Fsp3) is 0.333. The first-order chi connectivity index (χ1) is 17.5. The van der Waals surface area contributed by atoms with Crippen LogP contribution in [0, 0.1) is 5.82 Å². The van der Waals surface area contributed by atoms with Crippen LogP contribution < -0.4 is 4.90 Å². The molecule has 2 amide bonds. The van der Waals surface area contributed by atoms with Crippen molar-refractivity contribution in [1.29, 1.82) is 0 Å². The number of aliphatic hydroxyl groups excluding tert-OH is 1. The third-order valence-corrected chi connectivity index (χ3v) is 6.69. The molecule has 2 aromatic carbocycles. The molecule has 194 valence electrons. The van der Waals surface area contributed by atoms with Crippen LogP contribution in [0.3, 0.4) is 0 Å². The quantitative estimate of drug-likeness (QED) is 0.517. The lowest BCUT2D eigenvalue weighted by molar-refractivity contribution is -0.175. The van der Waals surface area contributed by atoms with Crippen LogP contribution in [0.15, 0.2) is 53.4 Å². The highest BCUT2D eigenvalue weighted by Gasteiger charge is 2.60. The molecule has 0 aliphatic carbocycles. The zero-order valence-electron chi connectivity index (χ0n) is 19.4. The second-order valence-corrected chi connectivity index (χ2v) is 9.06. The number of hydrogen-bond donors (Lipinski definition) is 1. The molecule has 2 saturated heterocycles. The molecule has 2 aliphatic rings. The van der Waals surface area contributed by atoms with E-state index in [1.165, 1.54) is 36.1 Å². The largest absolute Gasteiger partial charge is 0.416 e. The zero-order chi connectivity index (χ0) is 26.5. The number of hydrogen-bond acceptors (Lipinski definition) is 7. The minimum absolute atomic E-state index is 0.0189. The van der Waals surface area contributed by atoms with Crippen molar-refractivity contribution in [3.63, 3.8) is 0 Å². The van der Waals surface area contributed by atoms with Crippen molar-refractivity contribution in [3.8, 4) is 11.4 Å². The molecule has 1 spiro atoms. The second kappa shape index (κ2) is 8.92. The molecular weight excluding hydrogens is 498 g/mol. The number of benzene rings is 2. The molecule has 1 aromatic heterocycles. The average Bonchev–Trinajstić information content (AvgIpc) is 3.35. The van der Waals surface area contributed by atoms with Crippen molar-refractivity contribution in [2.75, 3.05) is 24.5 Å². The number of nitrogens with zero attached hydrogens (tertiary/aromatic N) is 5. The lowest BCUT2D eigenvalue weighted by Gasteiger charge is -2.58. The van der Waals surface area contributed by atoms with Crippen LogP contribution in [0.1, 0.15) is 18.1 Å². The van der Waals surface area contributed by atoms with Crippen molar-refractivity contribution >= 4 is 17.5 Å². The molecule has 3 heterocycles. The molecule has 0 radical (unpaired) electrons. The molecule has 2 aliphatic heterocycles. The zero-order valence-corrected chi connectivity index (χ0v) is 19.4. The van der Waals surface area contributed by atoms with E-state index in [0.717, 1.165) is 29.5 Å². The van der Waals surface area contributed by atoms with E-state index < -0.39 is 47.7 Å². The van der Waals surface area contributed by atoms with Gasteiger partial charge in [-0.25, -0.2) is 4.39 Å². The highest BCUT2D eigenvalue weighted by molar-refractivity contribution is 6.10. The summed E-state index contributed by atoms with van der Waals surface area (Å²) in [6.45, 7) is 0.887. The van der Waals surface area contributed by atoms with Gasteiger partial charge in [-0.15, -0.1) is 0 Å². The van der Waals surface area contributed by atoms with Gasteiger partial charge >= 0.3 is 6.18 Å². The SMILES string of the molecule is CC(O)N1CC2(C1)C(=O)N(c1ccc(-c3ncon3)cc1F)CC(=O)N2Cc1ccc(C(F)(F)F)cc1. The van der Waals surface area contributed by atoms with E-state index in [1.54, 1.807) is 4.90 Å². The summed E-state index contributed by atoms with van der Waals surface area (Å²) >= 11 is 0. The van der Waals surface area contributed by atoms with Gasteiger partial charge in [0.25, 0.3) is 5.91 Å². The van der Waals surface area contributed by atoms with E-state index in [4.69, 9.17) is 0 Å². The van der Waals surface area contributed by atoms with Gasteiger partial charge in [-0.1, -0.05) is 17.3 Å². The number of alkyl halides is 3. The molecule has 37 heavy (non-hydrogen) atoms. The van der Waals surface area contributed by atoms with Crippen molar-refractivity contribution < 1.29 is 36.8 Å². The number of carbonyl (C=O) groups excluding carboxylic acids is 2. The van der Waals surface area contributed by atoms with Gasteiger partial charge in [-0.3, -0.25) is 19.4 Å². The Morgan fingerprint density at radius 1 is 1.14 bits per heavy atom. The molecule has 9 nitrogen and oxygen atoms in total. The first-order valence-corrected chi connectivity index (χ1v) is 11.3. The van der Waals surface area contributed by atoms with Crippen molar-refractivity contribution in [3.05, 3.63) is 65.8 Å². The summed E-state index contributed by atoms with van der Waals surface area (Å²) in [5.41, 5.74) is -1.66. The Labute approximate surface area is 207 Å². The molecule has 3 aromatic rings. The minimum atomic E-state index is -4.51. The average molecular weight is 519 g/mol. The Balaban J connectivity index is 1.45. The topological polar surface area (TPSA) is 103 Å². The van der Waals surface area contributed by atoms with E-state index in [2.05, 4.69) is 14.7 Å². The summed E-state index contributed by atoms with van der Waals surface area (Å²) in [6, 6.07) is 8.29. The monoisotopic (exact) mass is 519 g/mol. The van der Waals surface area contributed by atoms with E-state index >= 15 is 4.39 Å². The smallest absolute Gasteiger partial charge is 0.379 e. The van der Waals surface area contributed by atoms with Gasteiger partial charge in [-0.2, -0.15) is 18.2 Å². The summed E-state index contributed by atoms with van der Waals surface area (Å²) in [4.78, 5) is 34.9. The molecule has 1 atom stereocenters. The third kappa shape index (κ3) is 4.33. The summed E-state index contributed by atoms with van der Waals surface area (Å²) < 4.78 is 58.7. The highest BCUT2D eigenvalue weighted by Crippen LogP contribution is 2.39. The van der Waals surface area contributed by atoms with Crippen molar-refractivity contribution in [2.45, 2.75) is 31.4 Å². The van der Waals surface area contributed by atoms with Crippen LogP contribution >= 0.6 is 0 Å². The second-order valence-electron chi connectivity index (χ2n) is 9.06. The van der Waals surface area contributed by atoms with E-state index in [9.17, 15) is 27.9 Å². The fourth-order valence-electron chi connectivity index (χ4n) is 4.67. The Morgan fingerprint density at radius 3 is 2.41 bits per heavy atom. The molecule has 2 fully saturated rings. The van der Waals surface area contributed by atoms with Gasteiger partial charge in [0, 0.05) is 25.2 Å². The highest BCUT2D eigenvalue weighted by atomic mass is 19.4. The maximum absolute atomic E-state index is 15.1. The maximum atomic E-state index is 15.1. The van der Waals surface area contributed by atoms with Gasteiger partial charge in [0.15, 0.2) is 0 Å². The first-order valence-electron chi connectivity index (χ1n) is 11.3. The molecule has 1 unspecified atom stereocenters. The Hall–Kier alpha value is -3.84. The number of amides is 2. The van der Waals surface area contributed by atoms with Gasteiger partial charge in [-0.05, 0) is 42.8 Å². The maximum Gasteiger partial charge on any atom is 0.416 e. The van der Waals surface area contributed by atoms with Crippen LogP contribution in [0.4, 0.5) is 23.2 Å².